The molecule has 0 amide bonds. The van der Waals surface area contributed by atoms with Crippen LogP contribution in [-0.2, 0) is 32.5 Å². The van der Waals surface area contributed by atoms with Gasteiger partial charge in [-0.25, -0.2) is 18.1 Å². The van der Waals surface area contributed by atoms with Crippen LogP contribution < -0.4 is 10.0 Å². The SMILES string of the molecule is COC(=O)C(Cc1ccc(-c2cccc(CNc3ccccn3)c2)cc1)NS(C)(=O)=O. The average molecular weight is 440 g/mol. The van der Waals surface area contributed by atoms with Crippen molar-refractivity contribution in [1.82, 2.24) is 9.71 Å². The lowest BCUT2D eigenvalue weighted by atomic mass is 9.99. The van der Waals surface area contributed by atoms with Gasteiger partial charge in [-0.2, -0.15) is 0 Å². The molecule has 0 spiro atoms. The summed E-state index contributed by atoms with van der Waals surface area (Å²) in [5.41, 5.74) is 4.03. The number of esters is 1. The third-order valence-electron chi connectivity index (χ3n) is 4.63. The van der Waals surface area contributed by atoms with Gasteiger partial charge in [-0.3, -0.25) is 4.79 Å². The Kier molecular flexibility index (Phi) is 7.38. The molecule has 0 fully saturated rings. The first-order valence-corrected chi connectivity index (χ1v) is 11.6. The smallest absolute Gasteiger partial charge is 0.324 e. The Morgan fingerprint density at radius 1 is 1.00 bits per heavy atom. The van der Waals surface area contributed by atoms with Crippen LogP contribution in [-0.4, -0.2) is 38.8 Å². The van der Waals surface area contributed by atoms with Gasteiger partial charge in [-0.15, -0.1) is 0 Å². The molecule has 0 aliphatic carbocycles. The van der Waals surface area contributed by atoms with Gasteiger partial charge in [-0.1, -0.05) is 48.5 Å². The standard InChI is InChI=1S/C23H25N3O4S/c1-30-23(27)21(26-31(2,28)29)15-17-9-11-19(12-10-17)20-7-5-6-18(14-20)16-25-22-8-3-4-13-24-22/h3-14,21,26H,15-16H2,1-2H3,(H,24,25). The first-order chi connectivity index (χ1) is 14.8. The van der Waals surface area contributed by atoms with Crippen molar-refractivity contribution in [2.75, 3.05) is 18.7 Å². The molecule has 1 heterocycles. The number of benzene rings is 2. The summed E-state index contributed by atoms with van der Waals surface area (Å²) in [4.78, 5) is 16.2. The summed E-state index contributed by atoms with van der Waals surface area (Å²) >= 11 is 0. The minimum Gasteiger partial charge on any atom is -0.468 e. The molecule has 2 N–H and O–H groups in total. The van der Waals surface area contributed by atoms with Gasteiger partial charge in [0, 0.05) is 12.7 Å². The summed E-state index contributed by atoms with van der Waals surface area (Å²) in [5.74, 6) is 0.197. The molecule has 8 heteroatoms. The Morgan fingerprint density at radius 3 is 2.42 bits per heavy atom. The lowest BCUT2D eigenvalue weighted by molar-refractivity contribution is -0.142. The molecule has 2 aromatic carbocycles. The normalized spacial score (nSPS) is 12.2. The number of carbonyl (C=O) groups excluding carboxylic acids is 1. The molecule has 0 saturated heterocycles. The number of rotatable bonds is 9. The fraction of sp³-hybridized carbons (Fsp3) is 0.217. The van der Waals surface area contributed by atoms with Crippen molar-refractivity contribution < 1.29 is 17.9 Å². The number of methoxy groups -OCH3 is 1. The first kappa shape index (κ1) is 22.5. The van der Waals surface area contributed by atoms with Crippen molar-refractivity contribution in [1.29, 1.82) is 0 Å². The summed E-state index contributed by atoms with van der Waals surface area (Å²) < 4.78 is 30.1. The fourth-order valence-corrected chi connectivity index (χ4v) is 3.86. The molecule has 7 nitrogen and oxygen atoms in total. The number of carbonyl (C=O) groups is 1. The van der Waals surface area contributed by atoms with Crippen LogP contribution in [0.15, 0.2) is 72.9 Å². The van der Waals surface area contributed by atoms with E-state index in [-0.39, 0.29) is 6.42 Å². The van der Waals surface area contributed by atoms with E-state index in [0.717, 1.165) is 34.3 Å². The predicted octanol–water partition coefficient (Wildman–Crippen LogP) is 2.99. The number of pyridine rings is 1. The van der Waals surface area contributed by atoms with Crippen LogP contribution in [0.25, 0.3) is 11.1 Å². The maximum absolute atomic E-state index is 11.9. The predicted molar refractivity (Wildman–Crippen MR) is 121 cm³/mol. The molecule has 1 atom stereocenters. The molecule has 0 radical (unpaired) electrons. The highest BCUT2D eigenvalue weighted by Crippen LogP contribution is 2.22. The van der Waals surface area contributed by atoms with Crippen LogP contribution in [0, 0.1) is 0 Å². The molecule has 3 aromatic rings. The van der Waals surface area contributed by atoms with Crippen LogP contribution in [0.5, 0.6) is 0 Å². The quantitative estimate of drug-likeness (QED) is 0.498. The van der Waals surface area contributed by atoms with E-state index in [9.17, 15) is 13.2 Å². The molecule has 31 heavy (non-hydrogen) atoms. The Labute approximate surface area is 182 Å². The van der Waals surface area contributed by atoms with Crippen LogP contribution in [0.4, 0.5) is 5.82 Å². The second kappa shape index (κ2) is 10.2. The highest BCUT2D eigenvalue weighted by molar-refractivity contribution is 7.88. The number of aromatic nitrogens is 1. The Morgan fingerprint density at radius 2 is 1.77 bits per heavy atom. The monoisotopic (exact) mass is 439 g/mol. The molecule has 1 unspecified atom stereocenters. The fourth-order valence-electron chi connectivity index (χ4n) is 3.16. The van der Waals surface area contributed by atoms with Gasteiger partial charge < -0.3 is 10.1 Å². The number of sulfonamides is 1. The summed E-state index contributed by atoms with van der Waals surface area (Å²) in [6.45, 7) is 0.654. The molecular formula is C23H25N3O4S. The third-order valence-corrected chi connectivity index (χ3v) is 5.35. The van der Waals surface area contributed by atoms with Crippen molar-refractivity contribution in [2.45, 2.75) is 19.0 Å². The van der Waals surface area contributed by atoms with Crippen molar-refractivity contribution in [3.63, 3.8) is 0 Å². The topological polar surface area (TPSA) is 97.4 Å². The Bertz CT molecular complexity index is 1120. The zero-order chi connectivity index (χ0) is 22.3. The summed E-state index contributed by atoms with van der Waals surface area (Å²) in [6.07, 6.45) is 2.96. The first-order valence-electron chi connectivity index (χ1n) is 9.72. The zero-order valence-electron chi connectivity index (χ0n) is 17.4. The van der Waals surface area contributed by atoms with Gasteiger partial charge in [0.15, 0.2) is 0 Å². The Hall–Kier alpha value is -3.23. The van der Waals surface area contributed by atoms with E-state index in [1.54, 1.807) is 6.20 Å². The number of nitrogens with zero attached hydrogens (tertiary/aromatic N) is 1. The minimum atomic E-state index is -3.54. The van der Waals surface area contributed by atoms with E-state index in [4.69, 9.17) is 4.74 Å². The number of anilines is 1. The number of nitrogens with one attached hydrogen (secondary N) is 2. The van der Waals surface area contributed by atoms with E-state index in [2.05, 4.69) is 21.1 Å². The molecule has 162 valence electrons. The van der Waals surface area contributed by atoms with Crippen LogP contribution in [0.3, 0.4) is 0 Å². The molecule has 0 bridgehead atoms. The highest BCUT2D eigenvalue weighted by Gasteiger charge is 2.23. The summed E-state index contributed by atoms with van der Waals surface area (Å²) in [5, 5.41) is 3.29. The van der Waals surface area contributed by atoms with Gasteiger partial charge in [0.05, 0.1) is 13.4 Å². The van der Waals surface area contributed by atoms with Gasteiger partial charge in [0.2, 0.25) is 10.0 Å². The molecular weight excluding hydrogens is 414 g/mol. The minimum absolute atomic E-state index is 0.202. The lowest BCUT2D eigenvalue weighted by Gasteiger charge is -2.15. The molecule has 0 saturated carbocycles. The maximum atomic E-state index is 11.9. The second-order valence-corrected chi connectivity index (χ2v) is 8.92. The molecule has 0 aliphatic rings. The van der Waals surface area contributed by atoms with E-state index in [0.29, 0.717) is 6.54 Å². The van der Waals surface area contributed by atoms with Gasteiger partial charge >= 0.3 is 5.97 Å². The van der Waals surface area contributed by atoms with E-state index in [1.807, 2.05) is 60.7 Å². The van der Waals surface area contributed by atoms with E-state index < -0.39 is 22.0 Å². The van der Waals surface area contributed by atoms with E-state index >= 15 is 0 Å². The zero-order valence-corrected chi connectivity index (χ0v) is 18.2. The van der Waals surface area contributed by atoms with Crippen molar-refractivity contribution in [2.24, 2.45) is 0 Å². The molecule has 1 aromatic heterocycles. The molecule has 3 rings (SSSR count). The number of hydrogen-bond donors (Lipinski definition) is 2. The van der Waals surface area contributed by atoms with E-state index in [1.165, 1.54) is 7.11 Å². The largest absolute Gasteiger partial charge is 0.468 e. The molecule has 0 aliphatic heterocycles. The number of ether oxygens (including phenoxy) is 1. The van der Waals surface area contributed by atoms with Gasteiger partial charge in [0.1, 0.15) is 11.9 Å². The average Bonchev–Trinajstić information content (AvgIpc) is 2.77. The van der Waals surface area contributed by atoms with Crippen molar-refractivity contribution >= 4 is 21.8 Å². The third kappa shape index (κ3) is 6.91. The highest BCUT2D eigenvalue weighted by atomic mass is 32.2. The Balaban J connectivity index is 1.70. The summed E-state index contributed by atoms with van der Waals surface area (Å²) in [6, 6.07) is 20.6. The summed E-state index contributed by atoms with van der Waals surface area (Å²) in [7, 11) is -2.31. The lowest BCUT2D eigenvalue weighted by Crippen LogP contribution is -2.42. The van der Waals surface area contributed by atoms with Crippen LogP contribution in [0.1, 0.15) is 11.1 Å². The second-order valence-electron chi connectivity index (χ2n) is 7.14. The van der Waals surface area contributed by atoms with Gasteiger partial charge in [-0.05, 0) is 46.9 Å². The van der Waals surface area contributed by atoms with Crippen molar-refractivity contribution in [3.8, 4) is 11.1 Å². The van der Waals surface area contributed by atoms with Crippen LogP contribution >= 0.6 is 0 Å². The van der Waals surface area contributed by atoms with Crippen molar-refractivity contribution in [3.05, 3.63) is 84.1 Å². The number of hydrogen-bond acceptors (Lipinski definition) is 6. The van der Waals surface area contributed by atoms with Crippen LogP contribution in [0.2, 0.25) is 0 Å². The van der Waals surface area contributed by atoms with Gasteiger partial charge in [0.25, 0.3) is 0 Å². The maximum Gasteiger partial charge on any atom is 0.324 e.